The van der Waals surface area contributed by atoms with E-state index in [9.17, 15) is 14.4 Å². The Kier molecular flexibility index (Phi) is 5.35. The molecule has 1 atom stereocenters. The molecule has 0 aliphatic carbocycles. The molecule has 1 aromatic carbocycles. The van der Waals surface area contributed by atoms with Gasteiger partial charge in [-0.15, -0.1) is 0 Å². The molecule has 2 saturated heterocycles. The second kappa shape index (κ2) is 8.10. The van der Waals surface area contributed by atoms with Crippen LogP contribution in [0.4, 0.5) is 16.4 Å². The van der Waals surface area contributed by atoms with Crippen molar-refractivity contribution >= 4 is 29.5 Å². The lowest BCUT2D eigenvalue weighted by molar-refractivity contribution is -0.137. The van der Waals surface area contributed by atoms with Crippen LogP contribution in [0.25, 0.3) is 0 Å². The van der Waals surface area contributed by atoms with Crippen molar-refractivity contribution in [2.45, 2.75) is 19.9 Å². The van der Waals surface area contributed by atoms with Crippen molar-refractivity contribution < 1.29 is 14.4 Å². The third kappa shape index (κ3) is 3.70. The fourth-order valence-electron chi connectivity index (χ4n) is 3.76. The summed E-state index contributed by atoms with van der Waals surface area (Å²) in [7, 11) is 0. The van der Waals surface area contributed by atoms with Gasteiger partial charge >= 0.3 is 6.03 Å². The van der Waals surface area contributed by atoms with E-state index in [2.05, 4.69) is 9.97 Å². The molecule has 2 aromatic rings. The van der Waals surface area contributed by atoms with Crippen molar-refractivity contribution in [2.24, 2.45) is 0 Å². The summed E-state index contributed by atoms with van der Waals surface area (Å²) in [5, 5.41) is 0. The van der Waals surface area contributed by atoms with Gasteiger partial charge in [-0.05, 0) is 32.0 Å². The van der Waals surface area contributed by atoms with Crippen LogP contribution < -0.4 is 9.80 Å². The summed E-state index contributed by atoms with van der Waals surface area (Å²) < 4.78 is 0. The highest BCUT2D eigenvalue weighted by molar-refractivity contribution is 6.15. The number of carbonyl (C=O) groups is 3. The topological polar surface area (TPSA) is 90.0 Å². The van der Waals surface area contributed by atoms with Gasteiger partial charge in [-0.2, -0.15) is 0 Å². The molecule has 9 nitrogen and oxygen atoms in total. The molecule has 0 spiro atoms. The van der Waals surface area contributed by atoms with Crippen molar-refractivity contribution in [2.75, 3.05) is 42.5 Å². The number of anilines is 2. The minimum atomic E-state index is -0.639. The number of amides is 4. The predicted molar refractivity (Wildman–Crippen MR) is 111 cm³/mol. The number of hydrogen-bond donors (Lipinski definition) is 0. The number of urea groups is 1. The number of hydrogen-bond acceptors (Lipinski definition) is 6. The summed E-state index contributed by atoms with van der Waals surface area (Å²) in [4.78, 5) is 53.0. The van der Waals surface area contributed by atoms with Crippen LogP contribution in [0.5, 0.6) is 0 Å². The number of imide groups is 1. The van der Waals surface area contributed by atoms with E-state index >= 15 is 0 Å². The third-order valence-corrected chi connectivity index (χ3v) is 5.52. The van der Waals surface area contributed by atoms with E-state index < -0.39 is 12.1 Å². The molecule has 3 heterocycles. The van der Waals surface area contributed by atoms with Gasteiger partial charge in [0.15, 0.2) is 0 Å². The van der Waals surface area contributed by atoms with E-state index in [4.69, 9.17) is 0 Å². The first-order chi connectivity index (χ1) is 14.5. The van der Waals surface area contributed by atoms with Gasteiger partial charge in [0.2, 0.25) is 11.9 Å². The van der Waals surface area contributed by atoms with Crippen molar-refractivity contribution in [1.82, 2.24) is 19.8 Å². The first-order valence-corrected chi connectivity index (χ1v) is 9.96. The molecule has 2 aliphatic rings. The van der Waals surface area contributed by atoms with E-state index in [0.717, 1.165) is 10.5 Å². The highest BCUT2D eigenvalue weighted by atomic mass is 16.2. The molecular weight excluding hydrogens is 384 g/mol. The Morgan fingerprint density at radius 1 is 1.03 bits per heavy atom. The van der Waals surface area contributed by atoms with Crippen LogP contribution >= 0.6 is 0 Å². The number of nitrogens with zero attached hydrogens (tertiary/aromatic N) is 6. The molecule has 4 rings (SSSR count). The first-order valence-electron chi connectivity index (χ1n) is 9.96. The molecule has 4 amide bonds. The summed E-state index contributed by atoms with van der Waals surface area (Å²) in [6.45, 7) is 5.58. The van der Waals surface area contributed by atoms with Gasteiger partial charge in [-0.1, -0.05) is 17.7 Å². The van der Waals surface area contributed by atoms with Crippen LogP contribution in [0.3, 0.4) is 0 Å². The lowest BCUT2D eigenvalue weighted by Crippen LogP contribution is -2.52. The quantitative estimate of drug-likeness (QED) is 0.709. The van der Waals surface area contributed by atoms with E-state index in [0.29, 0.717) is 37.8 Å². The van der Waals surface area contributed by atoms with E-state index in [1.54, 1.807) is 30.3 Å². The zero-order valence-corrected chi connectivity index (χ0v) is 17.1. The Bertz CT molecular complexity index is 941. The molecule has 0 unspecified atom stereocenters. The number of aryl methyl sites for hydroxylation is 1. The zero-order chi connectivity index (χ0) is 21.3. The van der Waals surface area contributed by atoms with Crippen LogP contribution in [0.1, 0.15) is 12.5 Å². The van der Waals surface area contributed by atoms with Gasteiger partial charge in [-0.3, -0.25) is 19.4 Å². The van der Waals surface area contributed by atoms with Crippen molar-refractivity contribution in [3.63, 3.8) is 0 Å². The monoisotopic (exact) mass is 408 g/mol. The van der Waals surface area contributed by atoms with Crippen LogP contribution in [0, 0.1) is 6.92 Å². The standard InChI is InChI=1S/C21H24N6O3/c1-15-4-6-17(7-5-15)27-16(2)19(29)26(21(27)30)14-18(28)24-10-12-25(13-11-24)20-22-8-3-9-23-20/h3-9,16H,10-14H2,1-2H3/t16-/m1/s1. The maximum atomic E-state index is 12.9. The molecule has 0 saturated carbocycles. The van der Waals surface area contributed by atoms with Crippen molar-refractivity contribution in [3.8, 4) is 0 Å². The molecular formula is C21H24N6O3. The van der Waals surface area contributed by atoms with Gasteiger partial charge in [0, 0.05) is 44.3 Å². The molecule has 2 fully saturated rings. The van der Waals surface area contributed by atoms with E-state index in [-0.39, 0.29) is 18.4 Å². The molecule has 30 heavy (non-hydrogen) atoms. The van der Waals surface area contributed by atoms with E-state index in [1.807, 2.05) is 36.1 Å². The second-order valence-corrected chi connectivity index (χ2v) is 7.51. The molecule has 1 aromatic heterocycles. The van der Waals surface area contributed by atoms with Gasteiger partial charge < -0.3 is 9.80 Å². The highest BCUT2D eigenvalue weighted by Crippen LogP contribution is 2.26. The Balaban J connectivity index is 1.39. The van der Waals surface area contributed by atoms with Crippen LogP contribution in [0.2, 0.25) is 0 Å². The molecule has 2 aliphatic heterocycles. The lowest BCUT2D eigenvalue weighted by Gasteiger charge is -2.35. The summed E-state index contributed by atoms with van der Waals surface area (Å²) in [5.74, 6) is 0.0468. The summed E-state index contributed by atoms with van der Waals surface area (Å²) in [5.41, 5.74) is 1.72. The Morgan fingerprint density at radius 2 is 1.67 bits per heavy atom. The average Bonchev–Trinajstić information content (AvgIpc) is 2.98. The highest BCUT2D eigenvalue weighted by Gasteiger charge is 2.44. The lowest BCUT2D eigenvalue weighted by atomic mass is 10.2. The SMILES string of the molecule is Cc1ccc(N2C(=O)N(CC(=O)N3CCN(c4ncccn4)CC3)C(=O)[C@H]2C)cc1. The fraction of sp³-hybridized carbons (Fsp3) is 0.381. The number of benzene rings is 1. The first kappa shape index (κ1) is 19.8. The smallest absolute Gasteiger partial charge is 0.332 e. The van der Waals surface area contributed by atoms with Crippen molar-refractivity contribution in [1.29, 1.82) is 0 Å². The van der Waals surface area contributed by atoms with Crippen molar-refractivity contribution in [3.05, 3.63) is 48.3 Å². The molecule has 0 radical (unpaired) electrons. The predicted octanol–water partition coefficient (Wildman–Crippen LogP) is 1.29. The minimum absolute atomic E-state index is 0.233. The Morgan fingerprint density at radius 3 is 2.30 bits per heavy atom. The summed E-state index contributed by atoms with van der Waals surface area (Å²) >= 11 is 0. The largest absolute Gasteiger partial charge is 0.338 e. The number of aromatic nitrogens is 2. The number of carbonyl (C=O) groups excluding carboxylic acids is 3. The molecule has 0 N–H and O–H groups in total. The van der Waals surface area contributed by atoms with Gasteiger partial charge in [0.1, 0.15) is 12.6 Å². The Labute approximate surface area is 174 Å². The maximum absolute atomic E-state index is 12.9. The fourth-order valence-corrected chi connectivity index (χ4v) is 3.76. The van der Waals surface area contributed by atoms with Gasteiger partial charge in [-0.25, -0.2) is 14.8 Å². The normalized spacial score (nSPS) is 19.6. The van der Waals surface area contributed by atoms with Crippen LogP contribution in [0.15, 0.2) is 42.7 Å². The van der Waals surface area contributed by atoms with Gasteiger partial charge in [0.05, 0.1) is 0 Å². The third-order valence-electron chi connectivity index (χ3n) is 5.52. The summed E-state index contributed by atoms with van der Waals surface area (Å²) in [6, 6.07) is 8.07. The molecule has 9 heteroatoms. The van der Waals surface area contributed by atoms with Crippen LogP contribution in [-0.4, -0.2) is 76.4 Å². The zero-order valence-electron chi connectivity index (χ0n) is 17.1. The molecule has 156 valence electrons. The number of piperazine rings is 1. The maximum Gasteiger partial charge on any atom is 0.332 e. The molecule has 0 bridgehead atoms. The minimum Gasteiger partial charge on any atom is -0.338 e. The Hall–Kier alpha value is -3.49. The van der Waals surface area contributed by atoms with Gasteiger partial charge in [0.25, 0.3) is 5.91 Å². The number of rotatable bonds is 4. The average molecular weight is 408 g/mol. The van der Waals surface area contributed by atoms with E-state index in [1.165, 1.54) is 4.90 Å². The second-order valence-electron chi connectivity index (χ2n) is 7.51. The van der Waals surface area contributed by atoms with Crippen LogP contribution in [-0.2, 0) is 9.59 Å². The summed E-state index contributed by atoms with van der Waals surface area (Å²) in [6.07, 6.45) is 3.37.